The lowest BCUT2D eigenvalue weighted by Crippen LogP contribution is -1.81. The molecule has 1 nitrogen and oxygen atoms in total. The molecule has 0 saturated carbocycles. The Bertz CT molecular complexity index is 692. The van der Waals surface area contributed by atoms with Gasteiger partial charge in [-0.1, -0.05) is 70.0 Å². The van der Waals surface area contributed by atoms with Crippen molar-refractivity contribution in [1.29, 1.82) is 0 Å². The number of hydrogen-bond donors (Lipinski definition) is 0. The summed E-state index contributed by atoms with van der Waals surface area (Å²) in [5, 5.41) is 0. The van der Waals surface area contributed by atoms with Crippen molar-refractivity contribution in [3.05, 3.63) is 63.5 Å². The van der Waals surface area contributed by atoms with Gasteiger partial charge in [-0.2, -0.15) is 0 Å². The van der Waals surface area contributed by atoms with Crippen LogP contribution in [0, 0.1) is 0 Å². The molecule has 19 heavy (non-hydrogen) atoms. The molecule has 0 radical (unpaired) electrons. The fraction of sp³-hybridized carbons (Fsp3) is 0. The van der Waals surface area contributed by atoms with Gasteiger partial charge in [-0.3, -0.25) is 0 Å². The smallest absolute Gasteiger partial charge is 0.184 e. The van der Waals surface area contributed by atoms with E-state index in [2.05, 4.69) is 33.0 Å². The van der Waals surface area contributed by atoms with Crippen LogP contribution in [0.5, 0.6) is 0 Å². The number of rotatable bonds is 2. The van der Waals surface area contributed by atoms with Crippen molar-refractivity contribution < 1.29 is 0 Å². The molecule has 0 saturated heterocycles. The van der Waals surface area contributed by atoms with E-state index in [1.807, 2.05) is 42.5 Å². The molecule has 0 N–H and O–H groups in total. The highest BCUT2D eigenvalue weighted by Gasteiger charge is 2.13. The van der Waals surface area contributed by atoms with E-state index >= 15 is 0 Å². The van der Waals surface area contributed by atoms with Gasteiger partial charge in [0.15, 0.2) is 4.47 Å². The molecule has 1 aromatic heterocycles. The van der Waals surface area contributed by atoms with Crippen molar-refractivity contribution >= 4 is 38.9 Å². The van der Waals surface area contributed by atoms with E-state index < -0.39 is 0 Å². The van der Waals surface area contributed by atoms with Crippen LogP contribution in [0.15, 0.2) is 59.1 Å². The van der Waals surface area contributed by atoms with E-state index in [1.165, 1.54) is 11.3 Å². The second kappa shape index (κ2) is 5.45. The van der Waals surface area contributed by atoms with Crippen LogP contribution in [-0.2, 0) is 0 Å². The van der Waals surface area contributed by atoms with Crippen LogP contribution < -0.4 is 0 Å². The maximum absolute atomic E-state index is 6.09. The molecule has 0 amide bonds. The third kappa shape index (κ3) is 2.73. The molecule has 0 aliphatic carbocycles. The predicted octanol–water partition coefficient (Wildman–Crippen LogP) is 5.89. The van der Waals surface area contributed by atoms with Crippen molar-refractivity contribution in [2.24, 2.45) is 0 Å². The molecule has 0 aliphatic rings. The Kier molecular flexibility index (Phi) is 3.69. The highest BCUT2D eigenvalue weighted by atomic mass is 79.9. The summed E-state index contributed by atoms with van der Waals surface area (Å²) in [6.45, 7) is 0. The summed E-state index contributed by atoms with van der Waals surface area (Å²) in [6.07, 6.45) is 0. The minimum absolute atomic E-state index is 0.566. The quantitative estimate of drug-likeness (QED) is 0.561. The fourth-order valence-corrected chi connectivity index (χ4v) is 3.28. The zero-order valence-corrected chi connectivity index (χ0v) is 13.0. The first kappa shape index (κ1) is 12.9. The van der Waals surface area contributed by atoms with Gasteiger partial charge in [0, 0.05) is 10.0 Å². The van der Waals surface area contributed by atoms with Crippen LogP contribution in [0.3, 0.4) is 0 Å². The fourth-order valence-electron chi connectivity index (χ4n) is 1.88. The number of halogens is 2. The number of thiazole rings is 1. The molecule has 3 rings (SSSR count). The van der Waals surface area contributed by atoms with Crippen LogP contribution in [0.2, 0.25) is 4.47 Å². The molecule has 0 aliphatic heterocycles. The van der Waals surface area contributed by atoms with Crippen LogP contribution in [-0.4, -0.2) is 4.98 Å². The Hall–Kier alpha value is -1.16. The standard InChI is InChI=1S/C15H9BrClNS/c16-12-8-6-11(7-9-12)14-13(18-15(17)19-14)10-4-2-1-3-5-10/h1-9H. The second-order valence-corrected chi connectivity index (χ2v) is 6.51. The summed E-state index contributed by atoms with van der Waals surface area (Å²) in [4.78, 5) is 5.55. The largest absolute Gasteiger partial charge is 0.224 e. The van der Waals surface area contributed by atoms with Gasteiger partial charge >= 0.3 is 0 Å². The molecule has 4 heteroatoms. The highest BCUT2D eigenvalue weighted by Crippen LogP contribution is 2.38. The average Bonchev–Trinajstić information content (AvgIpc) is 2.83. The number of aromatic nitrogens is 1. The summed E-state index contributed by atoms with van der Waals surface area (Å²) in [5.41, 5.74) is 3.16. The summed E-state index contributed by atoms with van der Waals surface area (Å²) in [6, 6.07) is 18.3. The van der Waals surface area contributed by atoms with Crippen LogP contribution in [0.4, 0.5) is 0 Å². The zero-order chi connectivity index (χ0) is 13.2. The molecule has 1 heterocycles. The molecule has 0 bridgehead atoms. The predicted molar refractivity (Wildman–Crippen MR) is 85.7 cm³/mol. The Balaban J connectivity index is 2.15. The van der Waals surface area contributed by atoms with E-state index in [1.54, 1.807) is 0 Å². The third-order valence-electron chi connectivity index (χ3n) is 2.75. The zero-order valence-electron chi connectivity index (χ0n) is 9.81. The van der Waals surface area contributed by atoms with Gasteiger partial charge in [0.25, 0.3) is 0 Å². The Morgan fingerprint density at radius 2 is 1.58 bits per heavy atom. The molecule has 0 fully saturated rings. The van der Waals surface area contributed by atoms with Gasteiger partial charge in [0.05, 0.1) is 10.6 Å². The maximum atomic E-state index is 6.09. The normalized spacial score (nSPS) is 10.6. The minimum Gasteiger partial charge on any atom is -0.224 e. The van der Waals surface area contributed by atoms with Gasteiger partial charge < -0.3 is 0 Å². The van der Waals surface area contributed by atoms with Crippen molar-refractivity contribution in [3.63, 3.8) is 0 Å². The number of nitrogens with zero attached hydrogens (tertiary/aromatic N) is 1. The van der Waals surface area contributed by atoms with Crippen molar-refractivity contribution in [2.45, 2.75) is 0 Å². The molecule has 0 atom stereocenters. The lowest BCUT2D eigenvalue weighted by molar-refractivity contribution is 1.41. The van der Waals surface area contributed by atoms with E-state index in [4.69, 9.17) is 11.6 Å². The summed E-state index contributed by atoms with van der Waals surface area (Å²) >= 11 is 11.1. The molecular formula is C15H9BrClNS. The SMILES string of the molecule is Clc1nc(-c2ccccc2)c(-c2ccc(Br)cc2)s1. The van der Waals surface area contributed by atoms with E-state index in [-0.39, 0.29) is 0 Å². The van der Waals surface area contributed by atoms with Crippen molar-refractivity contribution in [1.82, 2.24) is 4.98 Å². The molecular weight excluding hydrogens is 342 g/mol. The van der Waals surface area contributed by atoms with Crippen LogP contribution in [0.1, 0.15) is 0 Å². The molecule has 2 aromatic carbocycles. The summed E-state index contributed by atoms with van der Waals surface area (Å²) < 4.78 is 1.63. The van der Waals surface area contributed by atoms with Gasteiger partial charge in [0.1, 0.15) is 0 Å². The molecule has 0 spiro atoms. The molecule has 3 aromatic rings. The molecule has 0 unspecified atom stereocenters. The first-order chi connectivity index (χ1) is 9.24. The highest BCUT2D eigenvalue weighted by molar-refractivity contribution is 9.10. The Morgan fingerprint density at radius 3 is 2.26 bits per heavy atom. The monoisotopic (exact) mass is 349 g/mol. The third-order valence-corrected chi connectivity index (χ3v) is 4.49. The van der Waals surface area contributed by atoms with Crippen LogP contribution in [0.25, 0.3) is 21.7 Å². The lowest BCUT2D eigenvalue weighted by atomic mass is 10.1. The average molecular weight is 351 g/mol. The second-order valence-electron chi connectivity index (χ2n) is 4.02. The lowest BCUT2D eigenvalue weighted by Gasteiger charge is -2.02. The topological polar surface area (TPSA) is 12.9 Å². The number of benzene rings is 2. The number of hydrogen-bond acceptors (Lipinski definition) is 2. The Morgan fingerprint density at radius 1 is 0.895 bits per heavy atom. The van der Waals surface area contributed by atoms with Gasteiger partial charge in [-0.25, -0.2) is 4.98 Å². The van der Waals surface area contributed by atoms with Crippen molar-refractivity contribution in [2.75, 3.05) is 0 Å². The van der Waals surface area contributed by atoms with Gasteiger partial charge in [-0.05, 0) is 17.7 Å². The van der Waals surface area contributed by atoms with Crippen LogP contribution >= 0.6 is 38.9 Å². The first-order valence-electron chi connectivity index (χ1n) is 5.72. The van der Waals surface area contributed by atoms with E-state index in [0.717, 1.165) is 26.2 Å². The van der Waals surface area contributed by atoms with Crippen molar-refractivity contribution in [3.8, 4) is 21.7 Å². The maximum Gasteiger partial charge on any atom is 0.184 e. The summed E-state index contributed by atoms with van der Waals surface area (Å²) in [7, 11) is 0. The molecule has 94 valence electrons. The Labute approximate surface area is 129 Å². The first-order valence-corrected chi connectivity index (χ1v) is 7.70. The minimum atomic E-state index is 0.566. The van der Waals surface area contributed by atoms with Gasteiger partial charge in [-0.15, -0.1) is 11.3 Å². The van der Waals surface area contributed by atoms with E-state index in [0.29, 0.717) is 4.47 Å². The van der Waals surface area contributed by atoms with E-state index in [9.17, 15) is 0 Å². The summed E-state index contributed by atoms with van der Waals surface area (Å²) in [5.74, 6) is 0. The van der Waals surface area contributed by atoms with Gasteiger partial charge in [0.2, 0.25) is 0 Å².